The second kappa shape index (κ2) is 5.60. The Kier molecular flexibility index (Phi) is 4.31. The van der Waals surface area contributed by atoms with E-state index in [-0.39, 0.29) is 5.92 Å². The smallest absolute Gasteiger partial charge is 0.310 e. The summed E-state index contributed by atoms with van der Waals surface area (Å²) in [6, 6.07) is 0. The maximum Gasteiger partial charge on any atom is 0.310 e. The fourth-order valence-corrected chi connectivity index (χ4v) is 3.80. The number of carbonyl (C=O) groups is 1. The highest BCUT2D eigenvalue weighted by Gasteiger charge is 2.48. The van der Waals surface area contributed by atoms with E-state index in [1.807, 2.05) is 0 Å². The minimum Gasteiger partial charge on any atom is -0.481 e. The van der Waals surface area contributed by atoms with Crippen LogP contribution in [0, 0.1) is 23.2 Å². The molecule has 104 valence electrons. The predicted molar refractivity (Wildman–Crippen MR) is 70.4 cm³/mol. The van der Waals surface area contributed by atoms with Crippen molar-refractivity contribution >= 4 is 5.97 Å². The van der Waals surface area contributed by atoms with Crippen molar-refractivity contribution in [3.8, 4) is 0 Å². The highest BCUT2D eigenvalue weighted by atomic mass is 16.5. The molecule has 1 atom stereocenters. The highest BCUT2D eigenvalue weighted by molar-refractivity contribution is 5.75. The summed E-state index contributed by atoms with van der Waals surface area (Å²) in [7, 11) is 0. The van der Waals surface area contributed by atoms with E-state index < -0.39 is 11.4 Å². The van der Waals surface area contributed by atoms with Crippen molar-refractivity contribution in [3.05, 3.63) is 0 Å². The van der Waals surface area contributed by atoms with Gasteiger partial charge in [-0.05, 0) is 56.3 Å². The molecule has 1 aliphatic carbocycles. The van der Waals surface area contributed by atoms with E-state index in [0.717, 1.165) is 45.1 Å². The first-order valence-electron chi connectivity index (χ1n) is 7.37. The van der Waals surface area contributed by atoms with E-state index in [1.165, 1.54) is 0 Å². The SMILES string of the molecule is CC(C)C1CCC(C(=O)O)(C2CCCOC2)CC1. The van der Waals surface area contributed by atoms with Crippen LogP contribution in [0.4, 0.5) is 0 Å². The first-order chi connectivity index (χ1) is 8.56. The van der Waals surface area contributed by atoms with E-state index in [2.05, 4.69) is 13.8 Å². The lowest BCUT2D eigenvalue weighted by Crippen LogP contribution is -2.45. The molecule has 1 saturated carbocycles. The molecule has 1 saturated heterocycles. The van der Waals surface area contributed by atoms with E-state index in [4.69, 9.17) is 4.74 Å². The molecule has 0 aromatic heterocycles. The van der Waals surface area contributed by atoms with Gasteiger partial charge in [0.25, 0.3) is 0 Å². The Hall–Kier alpha value is -0.570. The largest absolute Gasteiger partial charge is 0.481 e. The third-order valence-electron chi connectivity index (χ3n) is 5.23. The molecular formula is C15H26O3. The third kappa shape index (κ3) is 2.56. The second-order valence-electron chi connectivity index (χ2n) is 6.46. The Balaban J connectivity index is 2.07. The van der Waals surface area contributed by atoms with Crippen molar-refractivity contribution in [1.82, 2.24) is 0 Å². The monoisotopic (exact) mass is 254 g/mol. The summed E-state index contributed by atoms with van der Waals surface area (Å²) in [5.41, 5.74) is -0.494. The Morgan fingerprint density at radius 1 is 1.28 bits per heavy atom. The van der Waals surface area contributed by atoms with Crippen molar-refractivity contribution in [2.24, 2.45) is 23.2 Å². The standard InChI is InChI=1S/C15H26O3/c1-11(2)12-5-7-15(8-6-12,14(16)17)13-4-3-9-18-10-13/h11-13H,3-10H2,1-2H3,(H,16,17). The van der Waals surface area contributed by atoms with E-state index in [0.29, 0.717) is 18.4 Å². The summed E-state index contributed by atoms with van der Waals surface area (Å²) in [6.45, 7) is 5.96. The van der Waals surface area contributed by atoms with Gasteiger partial charge in [-0.2, -0.15) is 0 Å². The van der Waals surface area contributed by atoms with Gasteiger partial charge in [-0.3, -0.25) is 4.79 Å². The van der Waals surface area contributed by atoms with E-state index >= 15 is 0 Å². The molecule has 18 heavy (non-hydrogen) atoms. The Bertz CT molecular complexity index is 284. The molecule has 0 spiro atoms. The average molecular weight is 254 g/mol. The molecule has 1 heterocycles. The van der Waals surface area contributed by atoms with Gasteiger partial charge in [-0.15, -0.1) is 0 Å². The molecule has 2 rings (SSSR count). The topological polar surface area (TPSA) is 46.5 Å². The molecule has 0 bridgehead atoms. The Labute approximate surface area is 110 Å². The molecule has 0 aromatic carbocycles. The first-order valence-corrected chi connectivity index (χ1v) is 7.37. The van der Waals surface area contributed by atoms with E-state index in [1.54, 1.807) is 0 Å². The molecule has 1 aliphatic heterocycles. The molecule has 3 nitrogen and oxygen atoms in total. The number of carboxylic acid groups (broad SMARTS) is 1. The van der Waals surface area contributed by atoms with Crippen molar-refractivity contribution in [1.29, 1.82) is 0 Å². The van der Waals surface area contributed by atoms with Crippen LogP contribution in [0.5, 0.6) is 0 Å². The average Bonchev–Trinajstić information content (AvgIpc) is 2.39. The summed E-state index contributed by atoms with van der Waals surface area (Å²) in [4.78, 5) is 11.8. The van der Waals surface area contributed by atoms with Crippen LogP contribution < -0.4 is 0 Å². The summed E-state index contributed by atoms with van der Waals surface area (Å²) in [6.07, 6.45) is 5.88. The van der Waals surface area contributed by atoms with E-state index in [9.17, 15) is 9.90 Å². The normalized spacial score (nSPS) is 37.7. The van der Waals surface area contributed by atoms with Crippen molar-refractivity contribution in [3.63, 3.8) is 0 Å². The number of carboxylic acids is 1. The molecule has 3 heteroatoms. The minimum absolute atomic E-state index is 0.233. The zero-order valence-corrected chi connectivity index (χ0v) is 11.7. The van der Waals surface area contributed by atoms with Crippen LogP contribution in [0.1, 0.15) is 52.4 Å². The molecule has 0 aromatic rings. The van der Waals surface area contributed by atoms with Crippen molar-refractivity contribution in [2.75, 3.05) is 13.2 Å². The summed E-state index contributed by atoms with van der Waals surface area (Å²) < 4.78 is 5.52. The summed E-state index contributed by atoms with van der Waals surface area (Å²) in [5, 5.41) is 9.71. The van der Waals surface area contributed by atoms with Crippen LogP contribution in [0.25, 0.3) is 0 Å². The fraction of sp³-hybridized carbons (Fsp3) is 0.933. The highest BCUT2D eigenvalue weighted by Crippen LogP contribution is 2.48. The van der Waals surface area contributed by atoms with Crippen molar-refractivity contribution < 1.29 is 14.6 Å². The number of hydrogen-bond acceptors (Lipinski definition) is 2. The maximum absolute atomic E-state index is 11.8. The summed E-state index contributed by atoms with van der Waals surface area (Å²) >= 11 is 0. The number of aliphatic carboxylic acids is 1. The first kappa shape index (κ1) is 13.9. The van der Waals surface area contributed by atoms with Crippen LogP contribution in [-0.4, -0.2) is 24.3 Å². The van der Waals surface area contributed by atoms with Gasteiger partial charge in [0, 0.05) is 6.61 Å². The van der Waals surface area contributed by atoms with Gasteiger partial charge in [0.1, 0.15) is 0 Å². The number of ether oxygens (including phenoxy) is 1. The molecule has 0 amide bonds. The van der Waals surface area contributed by atoms with Gasteiger partial charge in [0.05, 0.1) is 12.0 Å². The van der Waals surface area contributed by atoms with Crippen LogP contribution in [0.2, 0.25) is 0 Å². The van der Waals surface area contributed by atoms with Gasteiger partial charge in [0.2, 0.25) is 0 Å². The minimum atomic E-state index is -0.583. The lowest BCUT2D eigenvalue weighted by molar-refractivity contribution is -0.161. The van der Waals surface area contributed by atoms with Gasteiger partial charge in [-0.1, -0.05) is 13.8 Å². The summed E-state index contributed by atoms with van der Waals surface area (Å²) in [5.74, 6) is 1.04. The molecule has 2 fully saturated rings. The number of hydrogen-bond donors (Lipinski definition) is 1. The zero-order valence-electron chi connectivity index (χ0n) is 11.7. The zero-order chi connectivity index (χ0) is 13.2. The molecule has 1 N–H and O–H groups in total. The lowest BCUT2D eigenvalue weighted by Gasteiger charge is -2.44. The Morgan fingerprint density at radius 3 is 2.39 bits per heavy atom. The predicted octanol–water partition coefficient (Wildman–Crippen LogP) is 3.33. The molecule has 0 radical (unpaired) electrons. The second-order valence-corrected chi connectivity index (χ2v) is 6.46. The Morgan fingerprint density at radius 2 is 1.94 bits per heavy atom. The third-order valence-corrected chi connectivity index (χ3v) is 5.23. The van der Waals surface area contributed by atoms with Gasteiger partial charge < -0.3 is 9.84 Å². The van der Waals surface area contributed by atoms with Gasteiger partial charge in [-0.25, -0.2) is 0 Å². The quantitative estimate of drug-likeness (QED) is 0.840. The van der Waals surface area contributed by atoms with Crippen LogP contribution in [0.3, 0.4) is 0 Å². The van der Waals surface area contributed by atoms with Crippen LogP contribution in [-0.2, 0) is 9.53 Å². The fourth-order valence-electron chi connectivity index (χ4n) is 3.80. The molecule has 1 unspecified atom stereocenters. The molecular weight excluding hydrogens is 228 g/mol. The number of rotatable bonds is 3. The van der Waals surface area contributed by atoms with Crippen molar-refractivity contribution in [2.45, 2.75) is 52.4 Å². The van der Waals surface area contributed by atoms with Gasteiger partial charge in [0.15, 0.2) is 0 Å². The van der Waals surface area contributed by atoms with Gasteiger partial charge >= 0.3 is 5.97 Å². The van der Waals surface area contributed by atoms with Crippen LogP contribution in [0.15, 0.2) is 0 Å². The lowest BCUT2D eigenvalue weighted by atomic mass is 9.61. The maximum atomic E-state index is 11.8. The molecule has 2 aliphatic rings. The van der Waals surface area contributed by atoms with Crippen LogP contribution >= 0.6 is 0 Å².